The maximum absolute atomic E-state index is 6.70. The molecule has 38 valence electrons. The third kappa shape index (κ3) is 0.677. The highest BCUT2D eigenvalue weighted by molar-refractivity contribution is 4.84. The van der Waals surface area contributed by atoms with E-state index in [2.05, 4.69) is 14.7 Å². The van der Waals surface area contributed by atoms with Gasteiger partial charge in [0.1, 0.15) is 0 Å². The summed E-state index contributed by atoms with van der Waals surface area (Å²) in [6, 6.07) is -0.0579. The van der Waals surface area contributed by atoms with Gasteiger partial charge in [-0.25, -0.2) is 0 Å². The van der Waals surface area contributed by atoms with E-state index in [-0.39, 0.29) is 6.01 Å². The van der Waals surface area contributed by atoms with Crippen LogP contribution < -0.4 is 0 Å². The second kappa shape index (κ2) is 1.22. The van der Waals surface area contributed by atoms with Crippen molar-refractivity contribution in [3.05, 3.63) is 5.89 Å². The van der Waals surface area contributed by atoms with Gasteiger partial charge in [-0.05, 0) is 0 Å². The summed E-state index contributed by atoms with van der Waals surface area (Å²) in [7, 11) is 0. The van der Waals surface area contributed by atoms with E-state index in [0.29, 0.717) is 5.89 Å². The highest BCUT2D eigenvalue weighted by Gasteiger charge is 1.99. The van der Waals surface area contributed by atoms with Gasteiger partial charge in [0.05, 0.1) is 0 Å². The first-order valence-corrected chi connectivity index (χ1v) is 1.81. The van der Waals surface area contributed by atoms with Crippen molar-refractivity contribution in [3.63, 3.8) is 0 Å². The van der Waals surface area contributed by atoms with Crippen molar-refractivity contribution < 1.29 is 9.63 Å². The number of rotatable bonds is 0. The molecule has 0 bridgehead atoms. The lowest BCUT2D eigenvalue weighted by molar-refractivity contribution is 0.348. The summed E-state index contributed by atoms with van der Waals surface area (Å²) in [4.78, 5) is 3.50. The monoisotopic (exact) mass is 101 g/mol. The van der Waals surface area contributed by atoms with Crippen molar-refractivity contribution in [3.8, 4) is 6.01 Å². The minimum atomic E-state index is -0.0579. The molecule has 1 aromatic rings. The van der Waals surface area contributed by atoms with Gasteiger partial charge >= 0.3 is 6.01 Å². The van der Waals surface area contributed by atoms with Gasteiger partial charge in [-0.1, -0.05) is 0 Å². The molecule has 2 N–H and O–H groups in total. The Balaban J connectivity index is 3.04. The first-order chi connectivity index (χ1) is 3.29. The molecule has 4 nitrogen and oxygen atoms in total. The van der Waals surface area contributed by atoms with Crippen LogP contribution >= 0.6 is 0 Å². The van der Waals surface area contributed by atoms with Gasteiger partial charge in [0.25, 0.3) is 0 Å². The highest BCUT2D eigenvalue weighted by Crippen LogP contribution is 1.97. The molecule has 0 aliphatic heterocycles. The van der Waals surface area contributed by atoms with Gasteiger partial charge in [-0.2, -0.15) is 0 Å². The second-order valence-corrected chi connectivity index (χ2v) is 1.14. The molecule has 0 aromatic carbocycles. The van der Waals surface area contributed by atoms with Crippen LogP contribution in [0.1, 0.15) is 5.89 Å². The van der Waals surface area contributed by atoms with Crippen molar-refractivity contribution in [1.29, 1.82) is 0 Å². The average Bonchev–Trinajstić information content (AvgIpc) is 1.87. The number of nitrogens with zero attached hydrogens (tertiary/aromatic N) is 2. The van der Waals surface area contributed by atoms with Crippen LogP contribution in [0.25, 0.3) is 0 Å². The molecule has 4 heteroatoms. The maximum Gasteiger partial charge on any atom is 0.504 e. The molecule has 0 aliphatic carbocycles. The number of aryl methyl sites for hydroxylation is 1. The summed E-state index contributed by atoms with van der Waals surface area (Å²) in [5, 5.41) is 9.90. The van der Waals surface area contributed by atoms with Crippen LogP contribution in [-0.4, -0.2) is 15.2 Å². The average molecular weight is 101 g/mol. The molecule has 0 aliphatic rings. The lowest BCUT2D eigenvalue weighted by Gasteiger charge is -1.61. The van der Waals surface area contributed by atoms with Crippen molar-refractivity contribution in [2.45, 2.75) is 6.92 Å². The Morgan fingerprint density at radius 3 is 2.57 bits per heavy atom. The molecule has 1 rings (SSSR count). The topological polar surface area (TPSA) is 61.8 Å². The summed E-state index contributed by atoms with van der Waals surface area (Å²) < 4.78 is 4.42. The molecule has 0 unspecified atom stereocenters. The highest BCUT2D eigenvalue weighted by atomic mass is 16.5. The molecule has 1 aromatic heterocycles. The third-order valence-corrected chi connectivity index (χ3v) is 0.528. The molecular weight excluding hydrogens is 96.0 g/mol. The third-order valence-electron chi connectivity index (χ3n) is 0.528. The Hall–Kier alpha value is -1.06. The molecule has 1 heterocycles. The van der Waals surface area contributed by atoms with E-state index in [1.54, 1.807) is 6.92 Å². The van der Waals surface area contributed by atoms with E-state index in [1.165, 1.54) is 0 Å². The van der Waals surface area contributed by atoms with Crippen LogP contribution in [-0.2, 0) is 0 Å². The fourth-order valence-electron chi connectivity index (χ4n) is 0.299. The zero-order chi connectivity index (χ0) is 5.28. The first kappa shape index (κ1) is 4.11. The Morgan fingerprint density at radius 2 is 2.43 bits per heavy atom. The second-order valence-electron chi connectivity index (χ2n) is 1.14. The normalized spacial score (nSPS) is 9.29. The van der Waals surface area contributed by atoms with E-state index in [4.69, 9.17) is 5.11 Å². The van der Waals surface area contributed by atoms with Crippen molar-refractivity contribution in [2.24, 2.45) is 0 Å². The maximum atomic E-state index is 6.70. The summed E-state index contributed by atoms with van der Waals surface area (Å²) in [6.45, 7) is 1.64. The van der Waals surface area contributed by atoms with Crippen molar-refractivity contribution in [2.75, 3.05) is 0 Å². The van der Waals surface area contributed by atoms with E-state index in [0.717, 1.165) is 0 Å². The van der Waals surface area contributed by atoms with Gasteiger partial charge in [-0.15, -0.1) is 4.98 Å². The van der Waals surface area contributed by atoms with Gasteiger partial charge in [0.2, 0.25) is 5.89 Å². The zero-order valence-electron chi connectivity index (χ0n) is 3.80. The number of hydrogen-bond acceptors (Lipinski definition) is 3. The smallest absolute Gasteiger partial charge is 0.504 e. The van der Waals surface area contributed by atoms with Crippen molar-refractivity contribution >= 4 is 0 Å². The van der Waals surface area contributed by atoms with Crippen LogP contribution in [0.2, 0.25) is 0 Å². The van der Waals surface area contributed by atoms with Crippen LogP contribution in [0.5, 0.6) is 6.01 Å². The van der Waals surface area contributed by atoms with Crippen LogP contribution in [0.3, 0.4) is 0 Å². The van der Waals surface area contributed by atoms with E-state index >= 15 is 0 Å². The zero-order valence-corrected chi connectivity index (χ0v) is 3.80. The lowest BCUT2D eigenvalue weighted by atomic mass is 10.8. The number of aromatic nitrogens is 2. The Kier molecular flexibility index (Phi) is 0.714. The molecule has 0 spiro atoms. The Morgan fingerprint density at radius 1 is 1.71 bits per heavy atom. The van der Waals surface area contributed by atoms with Gasteiger partial charge in [-0.3, -0.25) is 0 Å². The molecule has 7 heavy (non-hydrogen) atoms. The molecule has 0 amide bonds. The standard InChI is InChI=1S/C3H4N2O2/c1-2-4-3(6)5-7-2/h1H3,(H,5,6)/p+1. The Bertz CT molecular complexity index is 143. The molecule has 0 fully saturated rings. The fraction of sp³-hybridized carbons (Fsp3) is 0.333. The molecular formula is C3H5N2O2+. The van der Waals surface area contributed by atoms with E-state index in [1.807, 2.05) is 0 Å². The number of hydrogen-bond donors (Lipinski definition) is 0. The minimum Gasteiger partial charge on any atom is -0.561 e. The van der Waals surface area contributed by atoms with E-state index in [9.17, 15) is 0 Å². The van der Waals surface area contributed by atoms with Crippen molar-refractivity contribution in [1.82, 2.24) is 10.1 Å². The van der Waals surface area contributed by atoms with Crippen LogP contribution in [0.15, 0.2) is 4.52 Å². The predicted octanol–water partition coefficient (Wildman–Crippen LogP) is -0.184. The summed E-state index contributed by atoms with van der Waals surface area (Å²) >= 11 is 0. The SMILES string of the molecule is Cc1nc([OH2+])no1. The predicted molar refractivity (Wildman–Crippen MR) is 22.1 cm³/mol. The van der Waals surface area contributed by atoms with Gasteiger partial charge in [0.15, 0.2) is 0 Å². The van der Waals surface area contributed by atoms with Crippen LogP contribution in [0, 0.1) is 6.92 Å². The fourth-order valence-corrected chi connectivity index (χ4v) is 0.299. The summed E-state index contributed by atoms with van der Waals surface area (Å²) in [5.74, 6) is 0.435. The quantitative estimate of drug-likeness (QED) is 0.426. The van der Waals surface area contributed by atoms with Gasteiger partial charge in [0, 0.05) is 12.1 Å². The summed E-state index contributed by atoms with van der Waals surface area (Å²) in [5.41, 5.74) is 0. The first-order valence-electron chi connectivity index (χ1n) is 1.81. The largest absolute Gasteiger partial charge is 0.561 e. The molecule has 0 atom stereocenters. The van der Waals surface area contributed by atoms with Gasteiger partial charge < -0.3 is 9.63 Å². The molecule has 0 radical (unpaired) electrons. The van der Waals surface area contributed by atoms with E-state index < -0.39 is 0 Å². The molecule has 0 saturated carbocycles. The Labute approximate surface area is 39.8 Å². The lowest BCUT2D eigenvalue weighted by Crippen LogP contribution is -1.63. The minimum absolute atomic E-state index is 0.0579. The molecule has 0 saturated heterocycles. The van der Waals surface area contributed by atoms with Crippen LogP contribution in [0.4, 0.5) is 0 Å². The summed E-state index contributed by atoms with van der Waals surface area (Å²) in [6.07, 6.45) is 0.